The fraction of sp³-hybridized carbons (Fsp3) is 0.417. The maximum absolute atomic E-state index is 12.0. The number of hydrogen-bond acceptors (Lipinski definition) is 2. The molecule has 1 aromatic heterocycles. The number of nitrogens with zero attached hydrogens (tertiary/aromatic N) is 1. The van der Waals surface area contributed by atoms with Crippen LogP contribution in [0.5, 0.6) is 0 Å². The van der Waals surface area contributed by atoms with Crippen LogP contribution in [0.2, 0.25) is 0 Å². The lowest BCUT2D eigenvalue weighted by molar-refractivity contribution is 0.522. The Morgan fingerprint density at radius 1 is 1.44 bits per heavy atom. The molecule has 0 spiro atoms. The number of benzene rings is 1. The summed E-state index contributed by atoms with van der Waals surface area (Å²) < 4.78 is 1.65. The predicted octanol–water partition coefficient (Wildman–Crippen LogP) is 1.41. The van der Waals surface area contributed by atoms with E-state index < -0.39 is 0 Å². The van der Waals surface area contributed by atoms with E-state index in [1.54, 1.807) is 4.68 Å². The van der Waals surface area contributed by atoms with Gasteiger partial charge in [0.1, 0.15) is 0 Å². The van der Waals surface area contributed by atoms with Crippen LogP contribution in [0.4, 0.5) is 0 Å². The van der Waals surface area contributed by atoms with Crippen LogP contribution in [0.1, 0.15) is 25.5 Å². The van der Waals surface area contributed by atoms with Gasteiger partial charge in [-0.25, -0.2) is 4.68 Å². The number of aromatic amines is 1. The maximum Gasteiger partial charge on any atom is 0.274 e. The minimum atomic E-state index is 0.0453. The molecule has 0 aliphatic rings. The smallest absolute Gasteiger partial charge is 0.274 e. The predicted molar refractivity (Wildman–Crippen MR) is 65.7 cm³/mol. The summed E-state index contributed by atoms with van der Waals surface area (Å²) in [5.74, 6) is 0. The molecule has 0 radical (unpaired) electrons. The molecule has 1 heterocycles. The average Bonchev–Trinajstić information content (AvgIpc) is 2.57. The van der Waals surface area contributed by atoms with Gasteiger partial charge in [-0.3, -0.25) is 9.89 Å². The van der Waals surface area contributed by atoms with Crippen molar-refractivity contribution in [1.82, 2.24) is 9.78 Å². The van der Waals surface area contributed by atoms with Crippen molar-refractivity contribution in [3.05, 3.63) is 34.1 Å². The van der Waals surface area contributed by atoms with E-state index in [1.165, 1.54) is 0 Å². The standard InChI is InChI=1S/C12H17N3O/c1-8(2)15-12(16)10-7-9(5-6-13)3-4-11(10)14-15/h3-4,7-8,14H,5-6,13H2,1-2H3. The summed E-state index contributed by atoms with van der Waals surface area (Å²) in [5, 5.41) is 3.86. The van der Waals surface area contributed by atoms with E-state index in [0.29, 0.717) is 6.54 Å². The number of nitrogens with one attached hydrogen (secondary N) is 1. The number of nitrogens with two attached hydrogens (primary N) is 1. The number of fused-ring (bicyclic) bond motifs is 1. The molecule has 0 aliphatic heterocycles. The van der Waals surface area contributed by atoms with Gasteiger partial charge in [0.15, 0.2) is 0 Å². The van der Waals surface area contributed by atoms with Crippen LogP contribution in [-0.2, 0) is 6.42 Å². The van der Waals surface area contributed by atoms with Crippen LogP contribution in [-0.4, -0.2) is 16.3 Å². The Hall–Kier alpha value is -1.55. The highest BCUT2D eigenvalue weighted by Crippen LogP contribution is 2.12. The highest BCUT2D eigenvalue weighted by atomic mass is 16.1. The third-order valence-corrected chi connectivity index (χ3v) is 2.72. The van der Waals surface area contributed by atoms with Crippen molar-refractivity contribution in [1.29, 1.82) is 0 Å². The number of rotatable bonds is 3. The molecule has 0 saturated carbocycles. The molecular weight excluding hydrogens is 202 g/mol. The first-order chi connectivity index (χ1) is 7.63. The summed E-state index contributed by atoms with van der Waals surface area (Å²) in [6.45, 7) is 4.57. The van der Waals surface area contributed by atoms with Gasteiger partial charge < -0.3 is 5.73 Å². The Bertz CT molecular complexity index is 551. The lowest BCUT2D eigenvalue weighted by atomic mass is 10.1. The Morgan fingerprint density at radius 3 is 2.81 bits per heavy atom. The molecule has 0 aliphatic carbocycles. The maximum atomic E-state index is 12.0. The summed E-state index contributed by atoms with van der Waals surface area (Å²) in [4.78, 5) is 12.0. The summed E-state index contributed by atoms with van der Waals surface area (Å²) in [7, 11) is 0. The van der Waals surface area contributed by atoms with Gasteiger partial charge in [0.2, 0.25) is 0 Å². The minimum absolute atomic E-state index is 0.0453. The summed E-state index contributed by atoms with van der Waals surface area (Å²) in [6.07, 6.45) is 0.808. The molecule has 3 N–H and O–H groups in total. The SMILES string of the molecule is CC(C)n1[nH]c2ccc(CCN)cc2c1=O. The summed E-state index contributed by atoms with van der Waals surface area (Å²) in [5.41, 5.74) is 7.55. The number of aromatic nitrogens is 2. The van der Waals surface area contributed by atoms with Crippen LogP contribution in [0.25, 0.3) is 10.9 Å². The lowest BCUT2D eigenvalue weighted by Gasteiger charge is -2.03. The minimum Gasteiger partial charge on any atom is -0.330 e. The van der Waals surface area contributed by atoms with Gasteiger partial charge in [-0.15, -0.1) is 0 Å². The third kappa shape index (κ3) is 1.76. The molecule has 2 aromatic rings. The Kier molecular flexibility index (Phi) is 2.83. The molecule has 1 aromatic carbocycles. The van der Waals surface area contributed by atoms with E-state index in [9.17, 15) is 4.79 Å². The van der Waals surface area contributed by atoms with Gasteiger partial charge >= 0.3 is 0 Å². The van der Waals surface area contributed by atoms with Crippen LogP contribution in [0, 0.1) is 0 Å². The Balaban J connectivity index is 2.60. The van der Waals surface area contributed by atoms with Crippen molar-refractivity contribution in [3.8, 4) is 0 Å². The summed E-state index contributed by atoms with van der Waals surface area (Å²) in [6, 6.07) is 6.04. The van der Waals surface area contributed by atoms with Crippen molar-refractivity contribution in [2.45, 2.75) is 26.3 Å². The first-order valence-corrected chi connectivity index (χ1v) is 5.56. The molecule has 0 atom stereocenters. The van der Waals surface area contributed by atoms with E-state index in [0.717, 1.165) is 22.9 Å². The molecule has 0 saturated heterocycles. The van der Waals surface area contributed by atoms with Gasteiger partial charge in [-0.05, 0) is 44.5 Å². The van der Waals surface area contributed by atoms with Crippen LogP contribution >= 0.6 is 0 Å². The highest BCUT2D eigenvalue weighted by Gasteiger charge is 2.09. The zero-order chi connectivity index (χ0) is 11.7. The first-order valence-electron chi connectivity index (χ1n) is 5.56. The third-order valence-electron chi connectivity index (χ3n) is 2.72. The zero-order valence-corrected chi connectivity index (χ0v) is 9.66. The quantitative estimate of drug-likeness (QED) is 0.819. The lowest BCUT2D eigenvalue weighted by Crippen LogP contribution is -2.18. The monoisotopic (exact) mass is 219 g/mol. The fourth-order valence-electron chi connectivity index (χ4n) is 1.86. The van der Waals surface area contributed by atoms with E-state index in [4.69, 9.17) is 5.73 Å². The molecule has 2 rings (SSSR count). The molecule has 0 amide bonds. The van der Waals surface area contributed by atoms with Crippen LogP contribution < -0.4 is 11.3 Å². The molecule has 16 heavy (non-hydrogen) atoms. The van der Waals surface area contributed by atoms with Gasteiger partial charge in [-0.1, -0.05) is 6.07 Å². The van der Waals surface area contributed by atoms with E-state index in [1.807, 2.05) is 32.0 Å². The topological polar surface area (TPSA) is 63.8 Å². The summed E-state index contributed by atoms with van der Waals surface area (Å²) >= 11 is 0. The van der Waals surface area contributed by atoms with Gasteiger partial charge in [0.05, 0.1) is 10.9 Å². The van der Waals surface area contributed by atoms with Crippen molar-refractivity contribution in [3.63, 3.8) is 0 Å². The fourth-order valence-corrected chi connectivity index (χ4v) is 1.86. The van der Waals surface area contributed by atoms with Gasteiger partial charge in [0.25, 0.3) is 5.56 Å². The Labute approximate surface area is 94.0 Å². The van der Waals surface area contributed by atoms with Crippen molar-refractivity contribution in [2.24, 2.45) is 5.73 Å². The molecular formula is C12H17N3O. The highest BCUT2D eigenvalue weighted by molar-refractivity contribution is 5.78. The molecule has 0 fully saturated rings. The van der Waals surface area contributed by atoms with Crippen molar-refractivity contribution in [2.75, 3.05) is 6.54 Å². The second kappa shape index (κ2) is 4.14. The normalized spacial score (nSPS) is 11.5. The van der Waals surface area contributed by atoms with Crippen molar-refractivity contribution < 1.29 is 0 Å². The van der Waals surface area contributed by atoms with E-state index in [-0.39, 0.29) is 11.6 Å². The molecule has 4 heteroatoms. The van der Waals surface area contributed by atoms with E-state index in [2.05, 4.69) is 5.10 Å². The molecule has 0 unspecified atom stereocenters. The van der Waals surface area contributed by atoms with E-state index >= 15 is 0 Å². The zero-order valence-electron chi connectivity index (χ0n) is 9.66. The molecule has 4 nitrogen and oxygen atoms in total. The average molecular weight is 219 g/mol. The largest absolute Gasteiger partial charge is 0.330 e. The van der Waals surface area contributed by atoms with Gasteiger partial charge in [-0.2, -0.15) is 0 Å². The second-order valence-electron chi connectivity index (χ2n) is 4.30. The molecule has 86 valence electrons. The van der Waals surface area contributed by atoms with Crippen LogP contribution in [0.15, 0.2) is 23.0 Å². The van der Waals surface area contributed by atoms with Crippen molar-refractivity contribution >= 4 is 10.9 Å². The molecule has 0 bridgehead atoms. The second-order valence-corrected chi connectivity index (χ2v) is 4.30. The number of H-pyrrole nitrogens is 1. The van der Waals surface area contributed by atoms with Gasteiger partial charge in [0, 0.05) is 6.04 Å². The number of hydrogen-bond donors (Lipinski definition) is 2. The Morgan fingerprint density at radius 2 is 2.19 bits per heavy atom. The van der Waals surface area contributed by atoms with Crippen LogP contribution in [0.3, 0.4) is 0 Å². The first kappa shape index (κ1) is 11.0.